The molecule has 0 aliphatic heterocycles. The fourth-order valence-corrected chi connectivity index (χ4v) is 4.44. The molecule has 3 N–H and O–H groups in total. The van der Waals surface area contributed by atoms with Gasteiger partial charge in [0.2, 0.25) is 0 Å². The quantitative estimate of drug-likeness (QED) is 0.789. The summed E-state index contributed by atoms with van der Waals surface area (Å²) in [6.07, 6.45) is 6.74. The Kier molecular flexibility index (Phi) is 4.77. The monoisotopic (exact) mass is 316 g/mol. The number of aromatic nitrogens is 2. The molecule has 1 aliphatic carbocycles. The second kappa shape index (κ2) is 6.19. The summed E-state index contributed by atoms with van der Waals surface area (Å²) in [5.74, 6) is 0.184. The third-order valence-electron chi connectivity index (χ3n) is 3.76. The Morgan fingerprint density at radius 3 is 2.65 bits per heavy atom. The van der Waals surface area contributed by atoms with Crippen molar-refractivity contribution in [2.24, 2.45) is 18.7 Å². The van der Waals surface area contributed by atoms with E-state index in [0.29, 0.717) is 0 Å². The maximum Gasteiger partial charge on any atom is 0.258 e. The molecule has 0 bridgehead atoms. The van der Waals surface area contributed by atoms with Crippen LogP contribution in [0.4, 0.5) is 0 Å². The van der Waals surface area contributed by atoms with Crippen LogP contribution in [0.2, 0.25) is 0 Å². The molecule has 0 radical (unpaired) electrons. The lowest BCUT2D eigenvalue weighted by atomic mass is 9.84. The second-order valence-corrected chi connectivity index (χ2v) is 7.32. The molecule has 6 nitrogen and oxygen atoms in total. The lowest BCUT2D eigenvalue weighted by Crippen LogP contribution is -2.49. The minimum atomic E-state index is -3.66. The zero-order valence-corrected chi connectivity index (χ0v) is 13.1. The molecule has 1 fully saturated rings. The largest absolute Gasteiger partial charge is 0.392 e. The van der Waals surface area contributed by atoms with Crippen LogP contribution in [0.5, 0.6) is 0 Å². The van der Waals surface area contributed by atoms with Crippen molar-refractivity contribution in [3.05, 3.63) is 12.3 Å². The highest BCUT2D eigenvalue weighted by Crippen LogP contribution is 2.27. The van der Waals surface area contributed by atoms with E-state index in [2.05, 4.69) is 9.82 Å². The molecule has 1 aromatic heterocycles. The van der Waals surface area contributed by atoms with Gasteiger partial charge in [0.05, 0.1) is 17.2 Å². The Labute approximate surface area is 124 Å². The van der Waals surface area contributed by atoms with Gasteiger partial charge in [-0.25, -0.2) is 8.42 Å². The Morgan fingerprint density at radius 2 is 2.15 bits per heavy atom. The van der Waals surface area contributed by atoms with Gasteiger partial charge in [-0.05, 0) is 24.8 Å². The molecule has 8 heteroatoms. The van der Waals surface area contributed by atoms with Crippen molar-refractivity contribution in [2.75, 3.05) is 0 Å². The van der Waals surface area contributed by atoms with Gasteiger partial charge < -0.3 is 5.73 Å². The molecule has 1 aliphatic rings. The molecular weight excluding hydrogens is 296 g/mol. The fourth-order valence-electron chi connectivity index (χ4n) is 2.71. The van der Waals surface area contributed by atoms with E-state index in [9.17, 15) is 8.42 Å². The predicted octanol–water partition coefficient (Wildman–Crippen LogP) is 0.933. The summed E-state index contributed by atoms with van der Waals surface area (Å²) in [4.78, 5) is 0.211. The van der Waals surface area contributed by atoms with Gasteiger partial charge in [-0.15, -0.1) is 0 Å². The summed E-state index contributed by atoms with van der Waals surface area (Å²) in [5.41, 5.74) is 5.75. The maximum atomic E-state index is 12.4. The third-order valence-corrected chi connectivity index (χ3v) is 5.53. The van der Waals surface area contributed by atoms with Gasteiger partial charge in [0.15, 0.2) is 5.03 Å². The van der Waals surface area contributed by atoms with Gasteiger partial charge in [0.1, 0.15) is 0 Å². The van der Waals surface area contributed by atoms with E-state index in [1.165, 1.54) is 23.4 Å². The van der Waals surface area contributed by atoms with Crippen LogP contribution in [0.3, 0.4) is 0 Å². The zero-order valence-electron chi connectivity index (χ0n) is 11.4. The highest BCUT2D eigenvalue weighted by Gasteiger charge is 2.31. The zero-order chi connectivity index (χ0) is 14.8. The normalized spacial score (nSPS) is 18.9. The summed E-state index contributed by atoms with van der Waals surface area (Å²) in [6.45, 7) is 0. The summed E-state index contributed by atoms with van der Waals surface area (Å²) in [6, 6.07) is 0.977. The smallest absolute Gasteiger partial charge is 0.258 e. The first kappa shape index (κ1) is 15.4. The molecule has 0 saturated heterocycles. The number of aryl methyl sites for hydroxylation is 1. The standard InChI is InChI=1S/C12H20N4O2S2/c1-16-10(7-8-14-16)20(17,18)15-11(12(13)19)9-5-3-2-4-6-9/h7-9,11,15H,2-6H2,1H3,(H2,13,19). The van der Waals surface area contributed by atoms with E-state index in [1.54, 1.807) is 7.05 Å². The number of rotatable bonds is 5. The SMILES string of the molecule is Cn1nccc1S(=O)(=O)NC(C(N)=S)C1CCCCC1. The fraction of sp³-hybridized carbons (Fsp3) is 0.667. The summed E-state index contributed by atoms with van der Waals surface area (Å²) < 4.78 is 28.7. The number of nitrogens with two attached hydrogens (primary N) is 1. The number of nitrogens with one attached hydrogen (secondary N) is 1. The van der Waals surface area contributed by atoms with E-state index in [4.69, 9.17) is 18.0 Å². The molecule has 112 valence electrons. The summed E-state index contributed by atoms with van der Waals surface area (Å²) in [5, 5.41) is 4.00. The van der Waals surface area contributed by atoms with E-state index in [1.807, 2.05) is 0 Å². The molecule has 1 unspecified atom stereocenters. The first-order valence-electron chi connectivity index (χ1n) is 6.71. The molecule has 1 heterocycles. The van der Waals surface area contributed by atoms with E-state index < -0.39 is 16.1 Å². The Bertz CT molecular complexity index is 576. The van der Waals surface area contributed by atoms with Crippen molar-refractivity contribution in [3.63, 3.8) is 0 Å². The van der Waals surface area contributed by atoms with Crippen molar-refractivity contribution in [3.8, 4) is 0 Å². The average Bonchev–Trinajstić information content (AvgIpc) is 2.84. The molecule has 0 amide bonds. The molecule has 1 aromatic rings. The van der Waals surface area contributed by atoms with Crippen molar-refractivity contribution in [2.45, 2.75) is 43.2 Å². The minimum absolute atomic E-state index is 0.120. The lowest BCUT2D eigenvalue weighted by Gasteiger charge is -2.29. The first-order valence-corrected chi connectivity index (χ1v) is 8.60. The highest BCUT2D eigenvalue weighted by molar-refractivity contribution is 7.89. The van der Waals surface area contributed by atoms with Gasteiger partial charge in [-0.1, -0.05) is 31.5 Å². The van der Waals surface area contributed by atoms with Gasteiger partial charge in [-0.3, -0.25) is 4.68 Å². The average molecular weight is 316 g/mol. The van der Waals surface area contributed by atoms with E-state index in [0.717, 1.165) is 25.7 Å². The van der Waals surface area contributed by atoms with Crippen molar-refractivity contribution >= 4 is 27.2 Å². The number of sulfonamides is 1. The van der Waals surface area contributed by atoms with Crippen molar-refractivity contribution < 1.29 is 8.42 Å². The van der Waals surface area contributed by atoms with E-state index in [-0.39, 0.29) is 15.9 Å². The Balaban J connectivity index is 2.19. The molecular formula is C12H20N4O2S2. The summed E-state index contributed by atoms with van der Waals surface area (Å²) in [7, 11) is -2.07. The molecule has 1 atom stereocenters. The number of nitrogens with zero attached hydrogens (tertiary/aromatic N) is 2. The van der Waals surface area contributed by atoms with Gasteiger partial charge >= 0.3 is 0 Å². The van der Waals surface area contributed by atoms with Crippen molar-refractivity contribution in [1.82, 2.24) is 14.5 Å². The van der Waals surface area contributed by atoms with Crippen LogP contribution in [0.1, 0.15) is 32.1 Å². The third kappa shape index (κ3) is 3.36. The number of thiocarbonyl (C=S) groups is 1. The highest BCUT2D eigenvalue weighted by atomic mass is 32.2. The van der Waals surface area contributed by atoms with Crippen LogP contribution in [0, 0.1) is 5.92 Å². The minimum Gasteiger partial charge on any atom is -0.392 e. The molecule has 0 aromatic carbocycles. The lowest BCUT2D eigenvalue weighted by molar-refractivity contribution is 0.330. The Morgan fingerprint density at radius 1 is 1.50 bits per heavy atom. The molecule has 0 spiro atoms. The first-order chi connectivity index (χ1) is 9.42. The Hall–Kier alpha value is -0.990. The molecule has 20 heavy (non-hydrogen) atoms. The van der Waals surface area contributed by atoms with Gasteiger partial charge in [-0.2, -0.15) is 9.82 Å². The number of hydrogen-bond acceptors (Lipinski definition) is 4. The van der Waals surface area contributed by atoms with E-state index >= 15 is 0 Å². The topological polar surface area (TPSA) is 90.0 Å². The van der Waals surface area contributed by atoms with Gasteiger partial charge in [0, 0.05) is 7.05 Å². The van der Waals surface area contributed by atoms with Crippen LogP contribution in [-0.2, 0) is 17.1 Å². The van der Waals surface area contributed by atoms with Crippen LogP contribution >= 0.6 is 12.2 Å². The summed E-state index contributed by atoms with van der Waals surface area (Å²) >= 11 is 5.06. The second-order valence-electron chi connectivity index (χ2n) is 5.19. The van der Waals surface area contributed by atoms with Crippen LogP contribution in [0.25, 0.3) is 0 Å². The maximum absolute atomic E-state index is 12.4. The van der Waals surface area contributed by atoms with Gasteiger partial charge in [0.25, 0.3) is 10.0 Å². The molecule has 1 saturated carbocycles. The predicted molar refractivity (Wildman–Crippen MR) is 80.7 cm³/mol. The molecule has 2 rings (SSSR count). The van der Waals surface area contributed by atoms with Crippen molar-refractivity contribution in [1.29, 1.82) is 0 Å². The number of hydrogen-bond donors (Lipinski definition) is 2. The van der Waals surface area contributed by atoms with Crippen LogP contribution in [0.15, 0.2) is 17.3 Å². The van der Waals surface area contributed by atoms with Crippen LogP contribution < -0.4 is 10.5 Å². The van der Waals surface area contributed by atoms with Crippen LogP contribution in [-0.4, -0.2) is 29.2 Å².